The average Bonchev–Trinajstić information content (AvgIpc) is 2.82. The molecule has 1 N–H and O–H groups in total. The van der Waals surface area contributed by atoms with Crippen LogP contribution in [0.5, 0.6) is 5.75 Å². The lowest BCUT2D eigenvalue weighted by molar-refractivity contribution is -0.115. The molecule has 1 aliphatic carbocycles. The van der Waals surface area contributed by atoms with E-state index in [1.54, 1.807) is 0 Å². The summed E-state index contributed by atoms with van der Waals surface area (Å²) in [5.41, 5.74) is 4.53. The minimum Gasteiger partial charge on any atom is -0.489 e. The van der Waals surface area contributed by atoms with Gasteiger partial charge in [0.1, 0.15) is 18.6 Å². The lowest BCUT2D eigenvalue weighted by Crippen LogP contribution is -2.52. The molecule has 2 aromatic rings. The van der Waals surface area contributed by atoms with Gasteiger partial charge in [-0.2, -0.15) is 0 Å². The van der Waals surface area contributed by atoms with Gasteiger partial charge in [-0.15, -0.1) is 0 Å². The number of rotatable bonds is 5. The molecule has 2 aromatic carbocycles. The van der Waals surface area contributed by atoms with E-state index in [2.05, 4.69) is 46.3 Å². The Hall–Kier alpha value is -3.29. The first-order valence-corrected chi connectivity index (χ1v) is 11.4. The van der Waals surface area contributed by atoms with Crippen LogP contribution in [0.15, 0.2) is 78.0 Å². The number of dihydropyridines is 1. The number of nitrogens with zero attached hydrogens (tertiary/aromatic N) is 1. The quantitative estimate of drug-likeness (QED) is 0.580. The van der Waals surface area contributed by atoms with Crippen molar-refractivity contribution in [1.82, 2.24) is 10.2 Å². The van der Waals surface area contributed by atoms with Crippen molar-refractivity contribution >= 4 is 6.29 Å². The Bertz CT molecular complexity index is 1070. The van der Waals surface area contributed by atoms with Gasteiger partial charge in [0.2, 0.25) is 0 Å². The second-order valence-corrected chi connectivity index (χ2v) is 8.85. The fourth-order valence-electron chi connectivity index (χ4n) is 4.61. The van der Waals surface area contributed by atoms with Crippen molar-refractivity contribution in [2.75, 3.05) is 13.1 Å². The normalized spacial score (nSPS) is 24.4. The Morgan fingerprint density at radius 2 is 1.84 bits per heavy atom. The molecule has 4 nitrogen and oxygen atoms in total. The molecule has 1 atom stereocenters. The minimum atomic E-state index is 0.280. The van der Waals surface area contributed by atoms with Crippen LogP contribution in [0.3, 0.4) is 0 Å². The SMILES string of the molecule is O=CC1CC(N2CCC3NC(C#Cc4ccc(OCc5ccccc5)cc4)=CC=C3C2)C1. The van der Waals surface area contributed by atoms with Crippen molar-refractivity contribution in [3.8, 4) is 17.6 Å². The summed E-state index contributed by atoms with van der Waals surface area (Å²) >= 11 is 0. The number of aldehydes is 1. The third-order valence-corrected chi connectivity index (χ3v) is 6.63. The van der Waals surface area contributed by atoms with Crippen molar-refractivity contribution in [3.63, 3.8) is 0 Å². The molecule has 2 fully saturated rings. The van der Waals surface area contributed by atoms with E-state index in [4.69, 9.17) is 4.74 Å². The molecule has 2 heterocycles. The van der Waals surface area contributed by atoms with Crippen molar-refractivity contribution in [2.45, 2.75) is 38.0 Å². The van der Waals surface area contributed by atoms with E-state index in [1.807, 2.05) is 42.5 Å². The predicted molar refractivity (Wildman–Crippen MR) is 126 cm³/mol. The Kier molecular flexibility index (Phi) is 6.09. The summed E-state index contributed by atoms with van der Waals surface area (Å²) in [6, 6.07) is 19.1. The zero-order valence-corrected chi connectivity index (χ0v) is 18.2. The molecule has 0 bridgehead atoms. The zero-order valence-electron chi connectivity index (χ0n) is 18.2. The molecular weight excluding hydrogens is 396 g/mol. The first kappa shape index (κ1) is 20.6. The van der Waals surface area contributed by atoms with Gasteiger partial charge in [0, 0.05) is 30.6 Å². The maximum absolute atomic E-state index is 10.9. The standard InChI is InChI=1S/C28H28N2O2/c31-19-23-16-26(17-23)30-15-14-28-24(18-30)9-11-25(29-28)10-6-21-7-12-27(13-8-21)32-20-22-4-2-1-3-5-22/h1-5,7-9,11-13,19,23,26,28-29H,14-18,20H2. The summed E-state index contributed by atoms with van der Waals surface area (Å²) in [6.07, 6.45) is 8.57. The summed E-state index contributed by atoms with van der Waals surface area (Å²) in [7, 11) is 0. The van der Waals surface area contributed by atoms with E-state index < -0.39 is 0 Å². The maximum Gasteiger partial charge on any atom is 0.123 e. The molecule has 0 radical (unpaired) electrons. The first-order valence-electron chi connectivity index (χ1n) is 11.4. The highest BCUT2D eigenvalue weighted by atomic mass is 16.5. The molecule has 32 heavy (non-hydrogen) atoms. The highest BCUT2D eigenvalue weighted by Crippen LogP contribution is 2.33. The average molecular weight is 425 g/mol. The Balaban J connectivity index is 1.16. The van der Waals surface area contributed by atoms with Gasteiger partial charge < -0.3 is 14.8 Å². The van der Waals surface area contributed by atoms with E-state index >= 15 is 0 Å². The molecule has 3 aliphatic rings. The minimum absolute atomic E-state index is 0.280. The number of carbonyl (C=O) groups excluding carboxylic acids is 1. The number of hydrogen-bond acceptors (Lipinski definition) is 4. The number of likely N-dealkylation sites (tertiary alicyclic amines) is 1. The molecule has 0 aromatic heterocycles. The molecule has 2 aliphatic heterocycles. The summed E-state index contributed by atoms with van der Waals surface area (Å²) < 4.78 is 5.85. The summed E-state index contributed by atoms with van der Waals surface area (Å²) in [6.45, 7) is 2.64. The molecule has 1 saturated carbocycles. The van der Waals surface area contributed by atoms with Crippen LogP contribution < -0.4 is 10.1 Å². The van der Waals surface area contributed by atoms with Gasteiger partial charge in [-0.3, -0.25) is 4.90 Å². The first-order chi connectivity index (χ1) is 15.8. The second-order valence-electron chi connectivity index (χ2n) is 8.85. The van der Waals surface area contributed by atoms with E-state index in [0.29, 0.717) is 18.7 Å². The molecule has 1 saturated heterocycles. The van der Waals surface area contributed by atoms with Gasteiger partial charge in [0.15, 0.2) is 0 Å². The molecule has 0 amide bonds. The predicted octanol–water partition coefficient (Wildman–Crippen LogP) is 4.08. The lowest BCUT2D eigenvalue weighted by Gasteiger charge is -2.45. The van der Waals surface area contributed by atoms with Crippen LogP contribution in [-0.2, 0) is 11.4 Å². The third-order valence-electron chi connectivity index (χ3n) is 6.63. The van der Waals surface area contributed by atoms with Crippen molar-refractivity contribution in [2.24, 2.45) is 5.92 Å². The van der Waals surface area contributed by atoms with Gasteiger partial charge in [-0.05, 0) is 66.7 Å². The van der Waals surface area contributed by atoms with Gasteiger partial charge in [-0.1, -0.05) is 42.3 Å². The molecule has 4 heteroatoms. The molecule has 162 valence electrons. The maximum atomic E-state index is 10.9. The number of piperidine rings is 1. The number of carbonyl (C=O) groups is 1. The van der Waals surface area contributed by atoms with E-state index in [1.165, 1.54) is 5.57 Å². The summed E-state index contributed by atoms with van der Waals surface area (Å²) in [4.78, 5) is 13.4. The smallest absolute Gasteiger partial charge is 0.123 e. The van der Waals surface area contributed by atoms with Crippen LogP contribution in [0, 0.1) is 17.8 Å². The molecule has 1 unspecified atom stereocenters. The van der Waals surface area contributed by atoms with Crippen LogP contribution in [0.1, 0.15) is 30.4 Å². The van der Waals surface area contributed by atoms with E-state index in [-0.39, 0.29) is 5.92 Å². The van der Waals surface area contributed by atoms with Gasteiger partial charge >= 0.3 is 0 Å². The zero-order chi connectivity index (χ0) is 21.8. The number of nitrogens with one attached hydrogen (secondary N) is 1. The van der Waals surface area contributed by atoms with Gasteiger partial charge in [-0.25, -0.2) is 0 Å². The highest BCUT2D eigenvalue weighted by molar-refractivity contribution is 5.55. The number of ether oxygens (including phenoxy) is 1. The number of hydrogen-bond donors (Lipinski definition) is 1. The summed E-state index contributed by atoms with van der Waals surface area (Å²) in [5, 5.41) is 3.60. The van der Waals surface area contributed by atoms with Crippen LogP contribution in [0.4, 0.5) is 0 Å². The number of allylic oxidation sites excluding steroid dienone is 3. The van der Waals surface area contributed by atoms with Crippen LogP contribution in [-0.4, -0.2) is 36.4 Å². The second kappa shape index (κ2) is 9.46. The summed E-state index contributed by atoms with van der Waals surface area (Å²) in [5.74, 6) is 7.67. The monoisotopic (exact) mass is 424 g/mol. The Morgan fingerprint density at radius 3 is 2.62 bits per heavy atom. The Labute approximate surface area is 190 Å². The van der Waals surface area contributed by atoms with E-state index in [9.17, 15) is 4.79 Å². The highest BCUT2D eigenvalue weighted by Gasteiger charge is 2.36. The number of benzene rings is 2. The van der Waals surface area contributed by atoms with Gasteiger partial charge in [0.05, 0.1) is 11.7 Å². The third kappa shape index (κ3) is 4.79. The molecule has 0 spiro atoms. The molecular formula is C28H28N2O2. The van der Waals surface area contributed by atoms with E-state index in [0.717, 1.165) is 61.2 Å². The van der Waals surface area contributed by atoms with Crippen LogP contribution in [0.2, 0.25) is 0 Å². The topological polar surface area (TPSA) is 41.6 Å². The van der Waals surface area contributed by atoms with Crippen LogP contribution >= 0.6 is 0 Å². The van der Waals surface area contributed by atoms with Crippen molar-refractivity contribution in [3.05, 3.63) is 89.1 Å². The van der Waals surface area contributed by atoms with Crippen molar-refractivity contribution in [1.29, 1.82) is 0 Å². The fraction of sp³-hybridized carbons (Fsp3) is 0.321. The van der Waals surface area contributed by atoms with Crippen molar-refractivity contribution < 1.29 is 9.53 Å². The largest absolute Gasteiger partial charge is 0.489 e. The van der Waals surface area contributed by atoms with Crippen LogP contribution in [0.25, 0.3) is 0 Å². The number of fused-ring (bicyclic) bond motifs is 1. The Morgan fingerprint density at radius 1 is 1.03 bits per heavy atom. The lowest BCUT2D eigenvalue weighted by atomic mass is 9.79. The fourth-order valence-corrected chi connectivity index (χ4v) is 4.61. The van der Waals surface area contributed by atoms with Gasteiger partial charge in [0.25, 0.3) is 0 Å². The molecule has 5 rings (SSSR count).